The van der Waals surface area contributed by atoms with E-state index in [1.54, 1.807) is 90.4 Å². The number of hydrazone groups is 2. The summed E-state index contributed by atoms with van der Waals surface area (Å²) in [7, 11) is 0. The van der Waals surface area contributed by atoms with Gasteiger partial charge >= 0.3 is 141 Å². The zero-order valence-electron chi connectivity index (χ0n) is 67.8. The van der Waals surface area contributed by atoms with Crippen LogP contribution in [0.2, 0.25) is 13.3 Å². The third-order valence-electron chi connectivity index (χ3n) is 21.4. The van der Waals surface area contributed by atoms with E-state index in [9.17, 15) is 38.7 Å². The summed E-state index contributed by atoms with van der Waals surface area (Å²) in [6.45, 7) is 23.2. The standard InChI is InChI=1S/C30H30N6O5.C25H22N6O3.C16H21NO4.C4H4NO.3C4H9.2CH4.ClH.Sn/c1-15-9-23(41-36-15)26-21-14-31-35-27(37)20-12-19(13-22(33-26)24(20)21)32-28(38)25(34-29(39)40-30(2,3)4)18-10-16-7-5-6-8-17(16)11-18;1-12-6-20(34-31-12)23-18-11-27-30-24(32)17-9-16(10-19(29-23)21(17)18)28-25(33)22(26)15-7-13-4-2-3-5-14(13)8-15;1-16(2,3)21-15(20)17-13(14(18)19)12-8-10-6-4-5-7-11(10)9-12;1-4-2-3-6-5-4;3*1-3-4-2;;;;/h5-9,12-14,18,25,33H,10-11H2,1-4H3,(H,32,38)(H,34,39)(H,35,37);2-6,9-11,15,22,29H,7-8,26H2,1H3,(H,28,33)(H,30,32);4-7,12-13H,8-9H2,1-3H3,(H,17,20)(H,18,19);2H,1H3;3*1,3-4H2,2H3;2*1H4;1H;/t25-;22-;13-;;;;;;;;/m111......../s1. The second-order valence-corrected chi connectivity index (χ2v) is 45.6. The number of hydrogen-bond donors (Lipinski definition) is 10. The smallest absolute Gasteiger partial charge is 0.408 e. The molecule has 7 heterocycles. The zero-order chi connectivity index (χ0) is 82.0. The Bertz CT molecular complexity index is 5220. The Labute approximate surface area is 699 Å². The number of rotatable bonds is 22. The molecule has 6 amide bonds. The first-order valence-electron chi connectivity index (χ1n) is 39.6. The number of aryl methyl sites for hydroxylation is 3. The number of carboxylic acids is 1. The molecule has 628 valence electrons. The third kappa shape index (κ3) is 21.9. The van der Waals surface area contributed by atoms with Gasteiger partial charge in [-0.25, -0.2) is 25.2 Å². The Morgan fingerprint density at radius 1 is 0.525 bits per heavy atom. The number of H-pyrrole nitrogens is 2. The number of carbonyl (C=O) groups excluding carboxylic acids is 6. The summed E-state index contributed by atoms with van der Waals surface area (Å²) in [5.41, 5.74) is 25.1. The van der Waals surface area contributed by atoms with Gasteiger partial charge in [0.15, 0.2) is 11.5 Å². The summed E-state index contributed by atoms with van der Waals surface area (Å²) in [4.78, 5) is 95.2. The van der Waals surface area contributed by atoms with Crippen molar-refractivity contribution in [3.63, 3.8) is 0 Å². The van der Waals surface area contributed by atoms with E-state index < -0.39 is 77.7 Å². The number of halogens is 1. The van der Waals surface area contributed by atoms with Gasteiger partial charge in [-0.1, -0.05) is 98.0 Å². The first-order chi connectivity index (χ1) is 55.0. The fourth-order valence-electron chi connectivity index (χ4n) is 16.0. The van der Waals surface area contributed by atoms with Crippen molar-refractivity contribution in [1.29, 1.82) is 0 Å². The van der Waals surface area contributed by atoms with Crippen molar-refractivity contribution in [2.75, 3.05) is 10.6 Å². The van der Waals surface area contributed by atoms with Gasteiger partial charge in [-0.2, -0.15) is 10.2 Å². The molecule has 0 bridgehead atoms. The van der Waals surface area contributed by atoms with Gasteiger partial charge < -0.3 is 60.6 Å². The number of aromatic nitrogens is 5. The van der Waals surface area contributed by atoms with Crippen LogP contribution in [0, 0.1) is 38.5 Å². The van der Waals surface area contributed by atoms with E-state index in [0.717, 1.165) is 46.5 Å². The topological polar surface area (TPSA) is 391 Å². The molecule has 0 saturated heterocycles. The van der Waals surface area contributed by atoms with Gasteiger partial charge in [0.1, 0.15) is 23.3 Å². The minimum Gasteiger partial charge on any atom is -0.444 e. The van der Waals surface area contributed by atoms with Gasteiger partial charge in [0.25, 0.3) is 11.8 Å². The molecule has 5 aromatic heterocycles. The number of alkyl carbamates (subject to hydrolysis) is 2. The Kier molecular flexibility index (Phi) is 30.5. The molecule has 0 radical (unpaired) electrons. The summed E-state index contributed by atoms with van der Waals surface area (Å²) in [5, 5.41) is 42.0. The normalized spacial score (nSPS) is 14.7. The van der Waals surface area contributed by atoms with E-state index in [-0.39, 0.29) is 56.8 Å². The van der Waals surface area contributed by atoms with Crippen LogP contribution in [-0.2, 0) is 62.4 Å². The van der Waals surface area contributed by atoms with Gasteiger partial charge in [0.2, 0.25) is 11.8 Å². The maximum absolute atomic E-state index is 13.8. The number of nitrogens with zero attached hydrogens (tertiary/aromatic N) is 5. The van der Waals surface area contributed by atoms with Crippen LogP contribution >= 0.6 is 12.4 Å². The first-order valence-corrected chi connectivity index (χ1v) is 47.1. The molecule has 5 aliphatic rings. The van der Waals surface area contributed by atoms with Crippen LogP contribution < -0.4 is 41.6 Å². The second-order valence-electron chi connectivity index (χ2n) is 32.6. The van der Waals surface area contributed by atoms with Gasteiger partial charge in [-0.05, 0) is 169 Å². The first kappa shape index (κ1) is 91.0. The number of hydrogen-bond acceptors (Lipinski definition) is 18. The van der Waals surface area contributed by atoms with Crippen molar-refractivity contribution < 1.29 is 61.7 Å². The number of anilines is 2. The average molecular weight is 1740 g/mol. The second kappa shape index (κ2) is 39.6. The van der Waals surface area contributed by atoms with E-state index in [0.29, 0.717) is 110 Å². The van der Waals surface area contributed by atoms with Gasteiger partial charge in [-0.15, -0.1) is 12.4 Å². The molecular weight excluding hydrogens is 1630 g/mol. The zero-order valence-corrected chi connectivity index (χ0v) is 71.4. The van der Waals surface area contributed by atoms with Crippen LogP contribution in [0.25, 0.3) is 44.7 Å². The Morgan fingerprint density at radius 3 is 1.23 bits per heavy atom. The van der Waals surface area contributed by atoms with E-state index in [1.807, 2.05) is 74.5 Å². The Morgan fingerprint density at radius 2 is 0.881 bits per heavy atom. The third-order valence-corrected chi connectivity index (χ3v) is 36.3. The van der Waals surface area contributed by atoms with Crippen molar-refractivity contribution in [3.8, 4) is 22.9 Å². The molecule has 0 spiro atoms. The molecule has 5 aromatic carbocycles. The van der Waals surface area contributed by atoms with E-state index in [2.05, 4.69) is 114 Å². The molecule has 2 aliphatic heterocycles. The fraction of sp³-hybridized carbons (Fsp3) is 0.416. The monoisotopic (exact) mass is 1740 g/mol. The maximum atomic E-state index is 13.8. The van der Waals surface area contributed by atoms with Crippen LogP contribution in [0.3, 0.4) is 0 Å². The summed E-state index contributed by atoms with van der Waals surface area (Å²) in [5.74, 6) is -1.79. The van der Waals surface area contributed by atoms with E-state index in [4.69, 9.17) is 28.8 Å². The van der Waals surface area contributed by atoms with Crippen molar-refractivity contribution in [2.24, 2.45) is 33.7 Å². The molecule has 29 heteroatoms. The van der Waals surface area contributed by atoms with Crippen LogP contribution in [-0.4, -0.2) is 132 Å². The van der Waals surface area contributed by atoms with Crippen LogP contribution in [0.4, 0.5) is 21.0 Å². The van der Waals surface area contributed by atoms with Gasteiger partial charge in [0, 0.05) is 56.4 Å². The van der Waals surface area contributed by atoms with Crippen LogP contribution in [0.15, 0.2) is 139 Å². The predicted molar refractivity (Wildman–Crippen MR) is 465 cm³/mol. The van der Waals surface area contributed by atoms with Crippen molar-refractivity contribution in [2.45, 2.75) is 218 Å². The average Bonchev–Trinajstić information content (AvgIpc) is 1.61. The number of ether oxygens (including phenoxy) is 2. The minimum absolute atomic E-state index is 0. The molecule has 11 N–H and O–H groups in total. The van der Waals surface area contributed by atoms with Gasteiger partial charge in [-0.3, -0.25) is 19.2 Å². The molecule has 10 aromatic rings. The number of carboxylic acid groups (broad SMARTS) is 1. The summed E-state index contributed by atoms with van der Waals surface area (Å²) in [6, 6.07) is 34.2. The quantitative estimate of drug-likeness (QED) is 0.0282. The number of benzene rings is 5. The largest absolute Gasteiger partial charge is 0.444 e. The van der Waals surface area contributed by atoms with Gasteiger partial charge in [0.05, 0.1) is 52.4 Å². The molecule has 3 atom stereocenters. The number of unbranched alkanes of at least 4 members (excludes halogenated alkanes) is 3. The Hall–Kier alpha value is -10.9. The molecular formula is C89H113ClN14O13Sn. The van der Waals surface area contributed by atoms with Crippen molar-refractivity contribution >= 4 is 122 Å². The Balaban J connectivity index is 0.000000187. The number of aliphatic carboxylic acids is 1. The number of nitrogens with one attached hydrogen (secondary N) is 8. The van der Waals surface area contributed by atoms with Crippen LogP contribution in [0.1, 0.15) is 198 Å². The van der Waals surface area contributed by atoms with E-state index in [1.165, 1.54) is 66.7 Å². The summed E-state index contributed by atoms with van der Waals surface area (Å²) in [6.07, 6.45) is 14.0. The molecule has 27 nitrogen and oxygen atoms in total. The molecule has 0 saturated carbocycles. The number of carbonyl (C=O) groups is 7. The number of fused-ring (bicyclic) bond motifs is 3. The summed E-state index contributed by atoms with van der Waals surface area (Å²) < 4.78 is 33.0. The number of aromatic amines is 2. The molecule has 118 heavy (non-hydrogen) atoms. The number of nitrogens with two attached hydrogens (primary N) is 1. The maximum Gasteiger partial charge on any atom is 0.408 e. The van der Waals surface area contributed by atoms with Crippen LogP contribution in [0.5, 0.6) is 0 Å². The number of amides is 6. The van der Waals surface area contributed by atoms with Crippen molar-refractivity contribution in [1.82, 2.24) is 46.9 Å². The molecule has 0 fully saturated rings. The SMILES string of the molecule is C.C.CC(C)(C)OC(=O)N[C@@H](C(=O)O)C1Cc2ccccc2C1.CCC[CH2][Sn]([CH2]CCC)([CH2]CCC)[c]1cc(C)no1.Cc1cc(-c2[nH]c3cc(NC(=O)[C@H](N)C4Cc5ccccc5C4)cc4c3c2C=NNC4=O)on1.Cc1cc(-c2[nH]c3cc(NC(=O)[C@H](NC(=O)OC(C)(C)C)C4Cc5ccccc5C4)cc4c3c2C=NNC4=O)on1.Cl. The van der Waals surface area contributed by atoms with Crippen molar-refractivity contribution in [3.05, 3.63) is 188 Å². The minimum atomic E-state index is -2.30. The fourth-order valence-corrected chi connectivity index (χ4v) is 31.2. The molecule has 3 aliphatic carbocycles. The predicted octanol–water partition coefficient (Wildman–Crippen LogP) is 16.5. The van der Waals surface area contributed by atoms with E-state index >= 15 is 0 Å². The molecule has 0 unspecified atom stereocenters. The summed E-state index contributed by atoms with van der Waals surface area (Å²) >= 11 is -2.30. The molecule has 15 rings (SSSR count).